The van der Waals surface area contributed by atoms with Gasteiger partial charge in [0.25, 0.3) is 5.91 Å². The lowest BCUT2D eigenvalue weighted by atomic mass is 9.98. The summed E-state index contributed by atoms with van der Waals surface area (Å²) in [4.78, 5) is 36.3. The predicted octanol–water partition coefficient (Wildman–Crippen LogP) is 3.78. The maximum absolute atomic E-state index is 13.5. The van der Waals surface area contributed by atoms with Crippen LogP contribution >= 0.6 is 0 Å². The van der Waals surface area contributed by atoms with E-state index < -0.39 is 17.8 Å². The number of nitrogens with zero attached hydrogens (tertiary/aromatic N) is 3. The molecule has 0 unspecified atom stereocenters. The zero-order valence-corrected chi connectivity index (χ0v) is 15.3. The van der Waals surface area contributed by atoms with Crippen molar-refractivity contribution in [3.05, 3.63) is 99.4 Å². The monoisotopic (exact) mass is 387 g/mol. The first-order valence-electron chi connectivity index (χ1n) is 8.98. The van der Waals surface area contributed by atoms with Crippen LogP contribution in [0.3, 0.4) is 0 Å². The van der Waals surface area contributed by atoms with Crippen LogP contribution < -0.4 is 10.3 Å². The second-order valence-electron chi connectivity index (χ2n) is 6.85. The lowest BCUT2D eigenvalue weighted by Crippen LogP contribution is -2.31. The van der Waals surface area contributed by atoms with E-state index >= 15 is 0 Å². The number of fused-ring (bicyclic) bond motifs is 2. The Morgan fingerprint density at radius 1 is 1.03 bits per heavy atom. The van der Waals surface area contributed by atoms with Crippen LogP contribution in [0.5, 0.6) is 0 Å². The van der Waals surface area contributed by atoms with Gasteiger partial charge in [-0.1, -0.05) is 23.8 Å². The number of hydrogen-bond acceptors (Lipinski definition) is 5. The fraction of sp³-hybridized carbons (Fsp3) is 0.0909. The molecular weight excluding hydrogens is 373 g/mol. The van der Waals surface area contributed by atoms with E-state index in [9.17, 15) is 14.0 Å². The van der Waals surface area contributed by atoms with Gasteiger partial charge >= 0.3 is 0 Å². The average Bonchev–Trinajstić information content (AvgIpc) is 3.03. The van der Waals surface area contributed by atoms with Crippen molar-refractivity contribution in [1.82, 2.24) is 9.97 Å². The SMILES string of the molecule is Cc1ccc2oc3c(c(=O)c2c1)[C@@H](c1ccc(F)cc1)N(c1ncccn1)C3=O. The highest BCUT2D eigenvalue weighted by atomic mass is 19.1. The summed E-state index contributed by atoms with van der Waals surface area (Å²) in [5, 5.41) is 0.388. The number of carbonyl (C=O) groups excluding carboxylic acids is 1. The van der Waals surface area contributed by atoms with Gasteiger partial charge in [0.2, 0.25) is 11.7 Å². The van der Waals surface area contributed by atoms with Crippen molar-refractivity contribution >= 4 is 22.8 Å². The van der Waals surface area contributed by atoms with Crippen molar-refractivity contribution in [2.24, 2.45) is 0 Å². The molecule has 6 nitrogen and oxygen atoms in total. The number of aromatic nitrogens is 2. The largest absolute Gasteiger partial charge is 0.450 e. The molecule has 2 aromatic carbocycles. The van der Waals surface area contributed by atoms with Gasteiger partial charge in [0, 0.05) is 12.4 Å². The highest BCUT2D eigenvalue weighted by molar-refractivity contribution is 6.09. The van der Waals surface area contributed by atoms with Gasteiger partial charge in [-0.05, 0) is 42.8 Å². The van der Waals surface area contributed by atoms with E-state index in [0.29, 0.717) is 16.5 Å². The molecule has 29 heavy (non-hydrogen) atoms. The molecule has 0 fully saturated rings. The molecule has 1 amide bonds. The zero-order chi connectivity index (χ0) is 20.1. The maximum Gasteiger partial charge on any atom is 0.297 e. The van der Waals surface area contributed by atoms with Crippen molar-refractivity contribution in [1.29, 1.82) is 0 Å². The van der Waals surface area contributed by atoms with Crippen molar-refractivity contribution in [2.45, 2.75) is 13.0 Å². The number of anilines is 1. The number of amides is 1. The summed E-state index contributed by atoms with van der Waals surface area (Å²) in [5.74, 6) is -0.840. The van der Waals surface area contributed by atoms with Crippen LogP contribution in [0.4, 0.5) is 10.3 Å². The summed E-state index contributed by atoms with van der Waals surface area (Å²) in [6.07, 6.45) is 3.02. The fourth-order valence-corrected chi connectivity index (χ4v) is 3.67. The summed E-state index contributed by atoms with van der Waals surface area (Å²) in [6, 6.07) is 11.7. The van der Waals surface area contributed by atoms with Crippen LogP contribution in [-0.4, -0.2) is 15.9 Å². The van der Waals surface area contributed by atoms with Crippen molar-refractivity contribution in [2.75, 3.05) is 4.90 Å². The third-order valence-electron chi connectivity index (χ3n) is 4.98. The van der Waals surface area contributed by atoms with Gasteiger partial charge in [-0.2, -0.15) is 0 Å². The number of aryl methyl sites for hydroxylation is 1. The van der Waals surface area contributed by atoms with Crippen molar-refractivity contribution in [3.63, 3.8) is 0 Å². The first kappa shape index (κ1) is 17.2. The van der Waals surface area contributed by atoms with Gasteiger partial charge in [0.05, 0.1) is 17.0 Å². The van der Waals surface area contributed by atoms with E-state index in [2.05, 4.69) is 9.97 Å². The maximum atomic E-state index is 13.5. The van der Waals surface area contributed by atoms with Gasteiger partial charge in [-0.25, -0.2) is 14.4 Å². The number of rotatable bonds is 2. The Labute approximate surface area is 164 Å². The molecule has 0 spiro atoms. The van der Waals surface area contributed by atoms with Crippen LogP contribution in [0.2, 0.25) is 0 Å². The lowest BCUT2D eigenvalue weighted by Gasteiger charge is -2.22. The molecule has 1 aliphatic rings. The molecule has 3 heterocycles. The Morgan fingerprint density at radius 2 is 1.76 bits per heavy atom. The van der Waals surface area contributed by atoms with Crippen LogP contribution in [-0.2, 0) is 0 Å². The van der Waals surface area contributed by atoms with Crippen LogP contribution in [0, 0.1) is 12.7 Å². The Kier molecular flexibility index (Phi) is 3.77. The smallest absolute Gasteiger partial charge is 0.297 e. The second kappa shape index (κ2) is 6.34. The van der Waals surface area contributed by atoms with Crippen molar-refractivity contribution in [3.8, 4) is 0 Å². The molecule has 4 aromatic rings. The van der Waals surface area contributed by atoms with Gasteiger partial charge in [0.1, 0.15) is 11.4 Å². The molecule has 1 aliphatic heterocycles. The number of hydrogen-bond donors (Lipinski definition) is 0. The first-order chi connectivity index (χ1) is 14.0. The number of carbonyl (C=O) groups is 1. The average molecular weight is 387 g/mol. The first-order valence-corrected chi connectivity index (χ1v) is 8.98. The van der Waals surface area contributed by atoms with Crippen molar-refractivity contribution < 1.29 is 13.6 Å². The molecule has 1 atom stereocenters. The van der Waals surface area contributed by atoms with E-state index in [1.807, 2.05) is 13.0 Å². The minimum Gasteiger partial charge on any atom is -0.450 e. The standard InChI is InChI=1S/C22H14FN3O3/c1-12-3-8-16-15(11-12)19(27)17-18(13-4-6-14(23)7-5-13)26(21(28)20(17)29-16)22-24-9-2-10-25-22/h2-11,18H,1H3/t18-/m1/s1. The summed E-state index contributed by atoms with van der Waals surface area (Å²) in [5.41, 5.74) is 1.69. The van der Waals surface area contributed by atoms with Crippen LogP contribution in [0.15, 0.2) is 70.1 Å². The third-order valence-corrected chi connectivity index (χ3v) is 4.98. The topological polar surface area (TPSA) is 76.3 Å². The summed E-state index contributed by atoms with van der Waals surface area (Å²) in [6.45, 7) is 1.87. The second-order valence-corrected chi connectivity index (χ2v) is 6.85. The van der Waals surface area contributed by atoms with Crippen LogP contribution in [0.25, 0.3) is 11.0 Å². The molecular formula is C22H14FN3O3. The van der Waals surface area contributed by atoms with Gasteiger partial charge in [0.15, 0.2) is 5.43 Å². The van der Waals surface area contributed by atoms with E-state index in [-0.39, 0.29) is 22.7 Å². The molecule has 2 aromatic heterocycles. The Bertz CT molecular complexity index is 1320. The Morgan fingerprint density at radius 3 is 2.48 bits per heavy atom. The van der Waals surface area contributed by atoms with E-state index in [1.54, 1.807) is 18.2 Å². The van der Waals surface area contributed by atoms with E-state index in [4.69, 9.17) is 4.42 Å². The molecule has 142 valence electrons. The predicted molar refractivity (Wildman–Crippen MR) is 104 cm³/mol. The molecule has 0 bridgehead atoms. The van der Waals surface area contributed by atoms with Gasteiger partial charge in [-0.15, -0.1) is 0 Å². The van der Waals surface area contributed by atoms with Crippen LogP contribution in [0.1, 0.15) is 33.3 Å². The fourth-order valence-electron chi connectivity index (χ4n) is 3.67. The molecule has 5 rings (SSSR count). The quantitative estimate of drug-likeness (QED) is 0.523. The molecule has 0 radical (unpaired) electrons. The van der Waals surface area contributed by atoms with Gasteiger partial charge in [-0.3, -0.25) is 14.5 Å². The molecule has 0 saturated heterocycles. The van der Waals surface area contributed by atoms with E-state index in [0.717, 1.165) is 5.56 Å². The zero-order valence-electron chi connectivity index (χ0n) is 15.3. The van der Waals surface area contributed by atoms with Gasteiger partial charge < -0.3 is 4.42 Å². The number of halogens is 1. The summed E-state index contributed by atoms with van der Waals surface area (Å²) in [7, 11) is 0. The Hall–Kier alpha value is -3.87. The molecule has 0 saturated carbocycles. The summed E-state index contributed by atoms with van der Waals surface area (Å²) < 4.78 is 19.4. The minimum atomic E-state index is -0.818. The normalized spacial score (nSPS) is 15.7. The lowest BCUT2D eigenvalue weighted by molar-refractivity contribution is 0.0969. The summed E-state index contributed by atoms with van der Waals surface area (Å²) >= 11 is 0. The highest BCUT2D eigenvalue weighted by Gasteiger charge is 2.44. The molecule has 7 heteroatoms. The number of benzene rings is 2. The highest BCUT2D eigenvalue weighted by Crippen LogP contribution is 2.39. The molecule has 0 N–H and O–H groups in total. The minimum absolute atomic E-state index is 0.0480. The molecule has 0 aliphatic carbocycles. The third kappa shape index (κ3) is 2.62. The Balaban J connectivity index is 1.83. The van der Waals surface area contributed by atoms with E-state index in [1.165, 1.54) is 41.6 Å².